The quantitative estimate of drug-likeness (QED) is 0.818. The second kappa shape index (κ2) is 7.78. The minimum atomic E-state index is 0.0998. The smallest absolute Gasteiger partial charge is 0.226 e. The Morgan fingerprint density at radius 3 is 2.61 bits per heavy atom. The zero-order valence-corrected chi connectivity index (χ0v) is 12.5. The number of carbonyl (C=O) groups is 1. The van der Waals surface area contributed by atoms with E-state index in [9.17, 15) is 4.79 Å². The van der Waals surface area contributed by atoms with Gasteiger partial charge in [0.05, 0.1) is 0 Å². The fourth-order valence-electron chi connectivity index (χ4n) is 2.93. The first-order valence-electron chi connectivity index (χ1n) is 7.51. The van der Waals surface area contributed by atoms with Gasteiger partial charge in [0, 0.05) is 25.0 Å². The zero-order chi connectivity index (χ0) is 13.5. The molecule has 0 aromatic heterocycles. The lowest BCUT2D eigenvalue weighted by molar-refractivity contribution is -0.137. The van der Waals surface area contributed by atoms with Crippen molar-refractivity contribution in [1.82, 2.24) is 10.2 Å². The fourth-order valence-corrected chi connectivity index (χ4v) is 2.93. The molecule has 0 bridgehead atoms. The number of nitrogens with zero attached hydrogens (tertiary/aromatic N) is 1. The van der Waals surface area contributed by atoms with Crippen LogP contribution in [0.1, 0.15) is 52.9 Å². The SMILES string of the molecule is CNCC(C)C(=O)N1CCCCCC1CC(C)C. The molecule has 106 valence electrons. The molecule has 1 N–H and O–H groups in total. The third-order valence-electron chi connectivity index (χ3n) is 3.84. The van der Waals surface area contributed by atoms with Crippen molar-refractivity contribution in [3.05, 3.63) is 0 Å². The summed E-state index contributed by atoms with van der Waals surface area (Å²) in [6.07, 6.45) is 6.07. The van der Waals surface area contributed by atoms with Crippen molar-refractivity contribution in [2.24, 2.45) is 11.8 Å². The predicted molar refractivity (Wildman–Crippen MR) is 76.5 cm³/mol. The first-order valence-corrected chi connectivity index (χ1v) is 7.51. The molecule has 1 fully saturated rings. The number of likely N-dealkylation sites (tertiary alicyclic amines) is 1. The summed E-state index contributed by atoms with van der Waals surface area (Å²) in [5.41, 5.74) is 0. The summed E-state index contributed by atoms with van der Waals surface area (Å²) < 4.78 is 0. The molecule has 0 radical (unpaired) electrons. The molecule has 1 saturated heterocycles. The standard InChI is InChI=1S/C15H30N2O/c1-12(2)10-14-8-6-5-7-9-17(14)15(18)13(3)11-16-4/h12-14,16H,5-11H2,1-4H3. The Morgan fingerprint density at radius 1 is 1.28 bits per heavy atom. The summed E-state index contributed by atoms with van der Waals surface area (Å²) in [6, 6.07) is 0.472. The maximum atomic E-state index is 12.5. The molecule has 0 aromatic carbocycles. The normalized spacial score (nSPS) is 22.9. The van der Waals surface area contributed by atoms with Gasteiger partial charge in [0.15, 0.2) is 0 Å². The Balaban J connectivity index is 2.68. The fraction of sp³-hybridized carbons (Fsp3) is 0.933. The van der Waals surface area contributed by atoms with E-state index in [4.69, 9.17) is 0 Å². The summed E-state index contributed by atoms with van der Waals surface area (Å²) in [7, 11) is 1.91. The third-order valence-corrected chi connectivity index (χ3v) is 3.84. The molecular formula is C15H30N2O. The van der Waals surface area contributed by atoms with Crippen LogP contribution in [0.15, 0.2) is 0 Å². The maximum Gasteiger partial charge on any atom is 0.226 e. The summed E-state index contributed by atoms with van der Waals surface area (Å²) in [5.74, 6) is 1.11. The molecule has 0 aromatic rings. The molecule has 1 amide bonds. The van der Waals surface area contributed by atoms with Gasteiger partial charge in [0.2, 0.25) is 5.91 Å². The minimum absolute atomic E-state index is 0.0998. The molecule has 1 aliphatic heterocycles. The van der Waals surface area contributed by atoms with Crippen molar-refractivity contribution in [2.75, 3.05) is 20.1 Å². The molecule has 1 aliphatic rings. The van der Waals surface area contributed by atoms with Crippen LogP contribution in [0.25, 0.3) is 0 Å². The predicted octanol–water partition coefficient (Wildman–Crippen LogP) is 2.66. The summed E-state index contributed by atoms with van der Waals surface area (Å²) >= 11 is 0. The summed E-state index contributed by atoms with van der Waals surface area (Å²) in [4.78, 5) is 14.7. The van der Waals surface area contributed by atoms with Crippen molar-refractivity contribution in [2.45, 2.75) is 58.9 Å². The van der Waals surface area contributed by atoms with Crippen LogP contribution in [0, 0.1) is 11.8 Å². The van der Waals surface area contributed by atoms with E-state index in [1.807, 2.05) is 14.0 Å². The van der Waals surface area contributed by atoms with E-state index in [-0.39, 0.29) is 5.92 Å². The Labute approximate surface area is 112 Å². The molecular weight excluding hydrogens is 224 g/mol. The van der Waals surface area contributed by atoms with Gasteiger partial charge in [-0.25, -0.2) is 0 Å². The number of rotatable bonds is 5. The molecule has 1 rings (SSSR count). The Morgan fingerprint density at radius 2 is 2.00 bits per heavy atom. The molecule has 0 spiro atoms. The van der Waals surface area contributed by atoms with E-state index < -0.39 is 0 Å². The molecule has 2 atom stereocenters. The van der Waals surface area contributed by atoms with Gasteiger partial charge < -0.3 is 10.2 Å². The van der Waals surface area contributed by atoms with Crippen LogP contribution in [0.3, 0.4) is 0 Å². The highest BCUT2D eigenvalue weighted by atomic mass is 16.2. The number of hydrogen-bond donors (Lipinski definition) is 1. The number of carbonyl (C=O) groups excluding carboxylic acids is 1. The van der Waals surface area contributed by atoms with Gasteiger partial charge in [-0.1, -0.05) is 33.6 Å². The van der Waals surface area contributed by atoms with E-state index in [0.29, 0.717) is 17.9 Å². The van der Waals surface area contributed by atoms with E-state index in [1.54, 1.807) is 0 Å². The summed E-state index contributed by atoms with van der Waals surface area (Å²) in [5, 5.41) is 3.11. The second-order valence-electron chi connectivity index (χ2n) is 6.12. The molecule has 0 saturated carbocycles. The van der Waals surface area contributed by atoms with E-state index in [0.717, 1.165) is 19.5 Å². The largest absolute Gasteiger partial charge is 0.339 e. The number of nitrogens with one attached hydrogen (secondary N) is 1. The highest BCUT2D eigenvalue weighted by Gasteiger charge is 2.28. The van der Waals surface area contributed by atoms with Crippen molar-refractivity contribution in [3.8, 4) is 0 Å². The first-order chi connectivity index (χ1) is 8.56. The third kappa shape index (κ3) is 4.60. The molecule has 1 heterocycles. The van der Waals surface area contributed by atoms with Crippen molar-refractivity contribution >= 4 is 5.91 Å². The van der Waals surface area contributed by atoms with Crippen LogP contribution in [-0.4, -0.2) is 37.0 Å². The molecule has 3 heteroatoms. The lowest BCUT2D eigenvalue weighted by Crippen LogP contribution is -2.45. The van der Waals surface area contributed by atoms with Crippen LogP contribution in [0.4, 0.5) is 0 Å². The molecule has 2 unspecified atom stereocenters. The highest BCUT2D eigenvalue weighted by molar-refractivity contribution is 5.79. The topological polar surface area (TPSA) is 32.3 Å². The highest BCUT2D eigenvalue weighted by Crippen LogP contribution is 2.23. The average molecular weight is 254 g/mol. The van der Waals surface area contributed by atoms with E-state index in [1.165, 1.54) is 25.7 Å². The lowest BCUT2D eigenvalue weighted by Gasteiger charge is -2.33. The van der Waals surface area contributed by atoms with Gasteiger partial charge in [-0.15, -0.1) is 0 Å². The lowest BCUT2D eigenvalue weighted by atomic mass is 9.97. The van der Waals surface area contributed by atoms with E-state index >= 15 is 0 Å². The second-order valence-corrected chi connectivity index (χ2v) is 6.12. The Bertz CT molecular complexity index is 253. The number of hydrogen-bond acceptors (Lipinski definition) is 2. The van der Waals surface area contributed by atoms with E-state index in [2.05, 4.69) is 24.1 Å². The van der Waals surface area contributed by atoms with Crippen LogP contribution in [-0.2, 0) is 4.79 Å². The van der Waals surface area contributed by atoms with Crippen LogP contribution in [0.2, 0.25) is 0 Å². The van der Waals surface area contributed by atoms with Crippen molar-refractivity contribution in [1.29, 1.82) is 0 Å². The molecule has 18 heavy (non-hydrogen) atoms. The van der Waals surface area contributed by atoms with Gasteiger partial charge in [0.1, 0.15) is 0 Å². The zero-order valence-electron chi connectivity index (χ0n) is 12.5. The maximum absolute atomic E-state index is 12.5. The molecule has 0 aliphatic carbocycles. The summed E-state index contributed by atoms with van der Waals surface area (Å²) in [6.45, 7) is 8.29. The van der Waals surface area contributed by atoms with Crippen molar-refractivity contribution < 1.29 is 4.79 Å². The number of amides is 1. The first kappa shape index (κ1) is 15.5. The van der Waals surface area contributed by atoms with Crippen LogP contribution in [0.5, 0.6) is 0 Å². The Kier molecular flexibility index (Phi) is 6.69. The monoisotopic (exact) mass is 254 g/mol. The van der Waals surface area contributed by atoms with Crippen LogP contribution >= 0.6 is 0 Å². The van der Waals surface area contributed by atoms with Gasteiger partial charge in [-0.2, -0.15) is 0 Å². The van der Waals surface area contributed by atoms with Gasteiger partial charge in [0.25, 0.3) is 0 Å². The average Bonchev–Trinajstić information content (AvgIpc) is 2.53. The van der Waals surface area contributed by atoms with Crippen molar-refractivity contribution in [3.63, 3.8) is 0 Å². The van der Waals surface area contributed by atoms with Gasteiger partial charge >= 0.3 is 0 Å². The minimum Gasteiger partial charge on any atom is -0.339 e. The van der Waals surface area contributed by atoms with Gasteiger partial charge in [-0.05, 0) is 32.2 Å². The van der Waals surface area contributed by atoms with Gasteiger partial charge in [-0.3, -0.25) is 4.79 Å². The molecule has 3 nitrogen and oxygen atoms in total. The Hall–Kier alpha value is -0.570. The van der Waals surface area contributed by atoms with Crippen LogP contribution < -0.4 is 5.32 Å².